The number of hydrogen-bond acceptors (Lipinski definition) is 4. The van der Waals surface area contributed by atoms with Crippen molar-refractivity contribution in [3.05, 3.63) is 21.9 Å². The molecule has 2 heterocycles. The van der Waals surface area contributed by atoms with Gasteiger partial charge in [0.1, 0.15) is 0 Å². The molecule has 0 aromatic carbocycles. The van der Waals surface area contributed by atoms with Crippen LogP contribution in [0.5, 0.6) is 0 Å². The summed E-state index contributed by atoms with van der Waals surface area (Å²) in [7, 11) is 0. The van der Waals surface area contributed by atoms with Gasteiger partial charge in [0.05, 0.1) is 0 Å². The first-order valence-electron chi connectivity index (χ1n) is 7.12. The van der Waals surface area contributed by atoms with Crippen molar-refractivity contribution in [2.45, 2.75) is 51.6 Å². The van der Waals surface area contributed by atoms with Crippen LogP contribution >= 0.6 is 23.1 Å². The first kappa shape index (κ1) is 15.4. The van der Waals surface area contributed by atoms with Crippen LogP contribution in [-0.2, 0) is 13.1 Å². The fourth-order valence-electron chi connectivity index (χ4n) is 2.38. The van der Waals surface area contributed by atoms with E-state index in [0.717, 1.165) is 13.1 Å². The fraction of sp³-hybridized carbons (Fsp3) is 0.733. The van der Waals surface area contributed by atoms with Crippen LogP contribution in [-0.4, -0.2) is 34.5 Å². The molecule has 0 radical (unpaired) electrons. The summed E-state index contributed by atoms with van der Waals surface area (Å²) in [4.78, 5) is 5.56. The third-order valence-electron chi connectivity index (χ3n) is 3.29. The molecule has 1 saturated heterocycles. The van der Waals surface area contributed by atoms with Crippen molar-refractivity contribution < 1.29 is 0 Å². The fourth-order valence-corrected chi connectivity index (χ4v) is 4.56. The monoisotopic (exact) mass is 298 g/mol. The lowest BCUT2D eigenvalue weighted by atomic mass is 10.2. The summed E-state index contributed by atoms with van der Waals surface area (Å²) >= 11 is 4.06. The Bertz CT molecular complexity index is 399. The van der Waals surface area contributed by atoms with Crippen LogP contribution in [0.15, 0.2) is 12.1 Å². The van der Waals surface area contributed by atoms with Crippen LogP contribution in [0.2, 0.25) is 0 Å². The van der Waals surface area contributed by atoms with Crippen molar-refractivity contribution >= 4 is 23.1 Å². The molecular weight excluding hydrogens is 272 g/mol. The molecule has 0 bridgehead atoms. The standard InChI is InChI=1S/C15H26N2S2/c1-12(2)16-9-13-5-6-14(19-13)10-17-7-8-18-15(3,4)11-17/h5-6,12,16H,7-11H2,1-4H3. The Morgan fingerprint density at radius 3 is 2.74 bits per heavy atom. The molecule has 1 N–H and O–H groups in total. The lowest BCUT2D eigenvalue weighted by Gasteiger charge is -2.37. The third-order valence-corrected chi connectivity index (χ3v) is 5.65. The summed E-state index contributed by atoms with van der Waals surface area (Å²) < 4.78 is 0.414. The van der Waals surface area contributed by atoms with Crippen LogP contribution in [0.4, 0.5) is 0 Å². The zero-order valence-corrected chi connectivity index (χ0v) is 14.2. The second-order valence-electron chi connectivity index (χ2n) is 6.22. The normalized spacial score (nSPS) is 20.1. The van der Waals surface area contributed by atoms with Gasteiger partial charge < -0.3 is 5.32 Å². The van der Waals surface area contributed by atoms with E-state index in [9.17, 15) is 0 Å². The average molecular weight is 299 g/mol. The molecular formula is C15H26N2S2. The first-order chi connectivity index (χ1) is 8.94. The van der Waals surface area contributed by atoms with Gasteiger partial charge in [-0.25, -0.2) is 0 Å². The van der Waals surface area contributed by atoms with Crippen LogP contribution < -0.4 is 5.32 Å². The number of nitrogens with one attached hydrogen (secondary N) is 1. The summed E-state index contributed by atoms with van der Waals surface area (Å²) in [6, 6.07) is 5.14. The Morgan fingerprint density at radius 2 is 2.05 bits per heavy atom. The molecule has 1 aliphatic heterocycles. The number of hydrogen-bond donors (Lipinski definition) is 1. The van der Waals surface area contributed by atoms with Gasteiger partial charge in [-0.3, -0.25) is 4.90 Å². The molecule has 0 aliphatic carbocycles. The second kappa shape index (κ2) is 6.61. The molecule has 1 aromatic rings. The highest BCUT2D eigenvalue weighted by atomic mass is 32.2. The van der Waals surface area contributed by atoms with E-state index in [1.54, 1.807) is 0 Å². The van der Waals surface area contributed by atoms with E-state index in [2.05, 4.69) is 61.8 Å². The quantitative estimate of drug-likeness (QED) is 0.894. The van der Waals surface area contributed by atoms with Gasteiger partial charge in [0.15, 0.2) is 0 Å². The van der Waals surface area contributed by atoms with Crippen LogP contribution in [0.1, 0.15) is 37.4 Å². The zero-order valence-electron chi connectivity index (χ0n) is 12.5. The minimum absolute atomic E-state index is 0.414. The highest BCUT2D eigenvalue weighted by Crippen LogP contribution is 2.30. The predicted octanol–water partition coefficient (Wildman–Crippen LogP) is 3.57. The van der Waals surface area contributed by atoms with E-state index in [1.165, 1.54) is 28.6 Å². The number of thioether (sulfide) groups is 1. The predicted molar refractivity (Wildman–Crippen MR) is 88.1 cm³/mol. The highest BCUT2D eigenvalue weighted by molar-refractivity contribution is 8.00. The molecule has 4 heteroatoms. The summed E-state index contributed by atoms with van der Waals surface area (Å²) in [6.45, 7) is 13.7. The van der Waals surface area contributed by atoms with E-state index >= 15 is 0 Å². The number of rotatable bonds is 5. The Morgan fingerprint density at radius 1 is 1.32 bits per heavy atom. The minimum atomic E-state index is 0.414. The van der Waals surface area contributed by atoms with E-state index in [1.807, 2.05) is 11.3 Å². The molecule has 0 spiro atoms. The molecule has 1 fully saturated rings. The molecule has 2 rings (SSSR count). The molecule has 19 heavy (non-hydrogen) atoms. The van der Waals surface area contributed by atoms with Crippen molar-refractivity contribution in [1.29, 1.82) is 0 Å². The smallest absolute Gasteiger partial charge is 0.0328 e. The first-order valence-corrected chi connectivity index (χ1v) is 8.92. The maximum Gasteiger partial charge on any atom is 0.0328 e. The lowest BCUT2D eigenvalue weighted by Crippen LogP contribution is -2.42. The average Bonchev–Trinajstić information content (AvgIpc) is 2.73. The van der Waals surface area contributed by atoms with Gasteiger partial charge in [-0.1, -0.05) is 13.8 Å². The summed E-state index contributed by atoms with van der Waals surface area (Å²) in [5.74, 6) is 1.26. The maximum absolute atomic E-state index is 3.49. The van der Waals surface area contributed by atoms with E-state index in [0.29, 0.717) is 10.8 Å². The van der Waals surface area contributed by atoms with Crippen LogP contribution in [0.25, 0.3) is 0 Å². The third kappa shape index (κ3) is 5.10. The summed E-state index contributed by atoms with van der Waals surface area (Å²) in [5.41, 5.74) is 0. The Balaban J connectivity index is 1.85. The van der Waals surface area contributed by atoms with E-state index < -0.39 is 0 Å². The van der Waals surface area contributed by atoms with Crippen LogP contribution in [0.3, 0.4) is 0 Å². The van der Waals surface area contributed by atoms with Gasteiger partial charge in [-0.2, -0.15) is 11.8 Å². The molecule has 108 valence electrons. The second-order valence-corrected chi connectivity index (χ2v) is 9.28. The van der Waals surface area contributed by atoms with Crippen molar-refractivity contribution in [3.63, 3.8) is 0 Å². The van der Waals surface area contributed by atoms with Gasteiger partial charge in [0, 0.05) is 52.5 Å². The zero-order chi connectivity index (χ0) is 13.9. The van der Waals surface area contributed by atoms with Gasteiger partial charge in [0.25, 0.3) is 0 Å². The van der Waals surface area contributed by atoms with Gasteiger partial charge in [-0.05, 0) is 26.0 Å². The van der Waals surface area contributed by atoms with Gasteiger partial charge >= 0.3 is 0 Å². The van der Waals surface area contributed by atoms with Crippen molar-refractivity contribution in [2.24, 2.45) is 0 Å². The highest BCUT2D eigenvalue weighted by Gasteiger charge is 2.26. The summed E-state index contributed by atoms with van der Waals surface area (Å²) in [6.07, 6.45) is 0. The molecule has 0 atom stereocenters. The molecule has 2 nitrogen and oxygen atoms in total. The lowest BCUT2D eigenvalue weighted by molar-refractivity contribution is 0.254. The molecule has 0 saturated carbocycles. The van der Waals surface area contributed by atoms with Crippen molar-refractivity contribution in [3.8, 4) is 0 Å². The van der Waals surface area contributed by atoms with E-state index in [4.69, 9.17) is 0 Å². The molecule has 1 aromatic heterocycles. The van der Waals surface area contributed by atoms with Crippen molar-refractivity contribution in [1.82, 2.24) is 10.2 Å². The topological polar surface area (TPSA) is 15.3 Å². The minimum Gasteiger partial charge on any atom is -0.310 e. The van der Waals surface area contributed by atoms with Crippen molar-refractivity contribution in [2.75, 3.05) is 18.8 Å². The van der Waals surface area contributed by atoms with Gasteiger partial charge in [-0.15, -0.1) is 11.3 Å². The Labute approximate surface area is 126 Å². The van der Waals surface area contributed by atoms with Gasteiger partial charge in [0.2, 0.25) is 0 Å². The van der Waals surface area contributed by atoms with E-state index in [-0.39, 0.29) is 0 Å². The SMILES string of the molecule is CC(C)NCc1ccc(CN2CCSC(C)(C)C2)s1. The molecule has 0 amide bonds. The summed E-state index contributed by atoms with van der Waals surface area (Å²) in [5, 5.41) is 3.49. The number of thiophene rings is 1. The molecule has 1 aliphatic rings. The maximum atomic E-state index is 3.49. The Hall–Kier alpha value is -0.0300. The Kier molecular flexibility index (Phi) is 5.35. The largest absolute Gasteiger partial charge is 0.310 e. The van der Waals surface area contributed by atoms with Crippen LogP contribution in [0, 0.1) is 0 Å². The molecule has 0 unspecified atom stereocenters. The number of nitrogens with zero attached hydrogens (tertiary/aromatic N) is 1.